The zero-order chi connectivity index (χ0) is 6.69. The maximum atomic E-state index is 10.7. The molecule has 1 saturated heterocycles. The first kappa shape index (κ1) is 6.61. The first-order chi connectivity index (χ1) is 4.34. The van der Waals surface area contributed by atoms with Crippen LogP contribution in [-0.4, -0.2) is 23.3 Å². The smallest absolute Gasteiger partial charge is 0.211 e. The molecular weight excluding hydrogens is 138 g/mol. The summed E-state index contributed by atoms with van der Waals surface area (Å²) >= 11 is 1.28. The Balaban J connectivity index is 2.39. The SMILES string of the molecule is O=CN[C@H]1CCSC1=O. The Hall–Kier alpha value is -0.510. The largest absolute Gasteiger partial charge is 0.348 e. The van der Waals surface area contributed by atoms with Crippen molar-refractivity contribution in [1.29, 1.82) is 0 Å². The summed E-state index contributed by atoms with van der Waals surface area (Å²) in [6, 6.07) is -0.215. The van der Waals surface area contributed by atoms with E-state index in [2.05, 4.69) is 5.32 Å². The van der Waals surface area contributed by atoms with Gasteiger partial charge in [0.2, 0.25) is 11.5 Å². The second kappa shape index (κ2) is 2.87. The zero-order valence-corrected chi connectivity index (χ0v) is 5.61. The van der Waals surface area contributed by atoms with Crippen molar-refractivity contribution in [3.05, 3.63) is 0 Å². The van der Waals surface area contributed by atoms with Crippen LogP contribution in [0.3, 0.4) is 0 Å². The Morgan fingerprint density at radius 1 is 1.78 bits per heavy atom. The molecule has 0 radical (unpaired) electrons. The molecule has 0 saturated carbocycles. The lowest BCUT2D eigenvalue weighted by atomic mass is 10.3. The van der Waals surface area contributed by atoms with Gasteiger partial charge in [-0.1, -0.05) is 11.8 Å². The third-order valence-corrected chi connectivity index (χ3v) is 2.21. The van der Waals surface area contributed by atoms with E-state index in [1.165, 1.54) is 11.8 Å². The van der Waals surface area contributed by atoms with Crippen LogP contribution in [0.4, 0.5) is 0 Å². The van der Waals surface area contributed by atoms with E-state index in [0.29, 0.717) is 6.41 Å². The predicted molar refractivity (Wildman–Crippen MR) is 35.1 cm³/mol. The Morgan fingerprint density at radius 2 is 2.56 bits per heavy atom. The van der Waals surface area contributed by atoms with Gasteiger partial charge in [0.05, 0.1) is 6.04 Å². The minimum absolute atomic E-state index is 0.0853. The summed E-state index contributed by atoms with van der Waals surface area (Å²) in [5.41, 5.74) is 0. The number of carbonyl (C=O) groups excluding carboxylic acids is 2. The van der Waals surface area contributed by atoms with E-state index in [0.717, 1.165) is 12.2 Å². The van der Waals surface area contributed by atoms with Crippen molar-refractivity contribution in [2.45, 2.75) is 12.5 Å². The second-order valence-electron chi connectivity index (χ2n) is 1.79. The van der Waals surface area contributed by atoms with Gasteiger partial charge in [0.15, 0.2) is 0 Å². The lowest BCUT2D eigenvalue weighted by Gasteiger charge is -2.01. The molecule has 3 nitrogen and oxygen atoms in total. The predicted octanol–water partition coefficient (Wildman–Crippen LogP) is -0.236. The average molecular weight is 145 g/mol. The minimum Gasteiger partial charge on any atom is -0.348 e. The summed E-state index contributed by atoms with van der Waals surface area (Å²) < 4.78 is 0. The first-order valence-electron chi connectivity index (χ1n) is 2.71. The van der Waals surface area contributed by atoms with Crippen LogP contribution in [0.25, 0.3) is 0 Å². The molecule has 0 aromatic carbocycles. The van der Waals surface area contributed by atoms with Crippen LogP contribution in [0.15, 0.2) is 0 Å². The molecule has 9 heavy (non-hydrogen) atoms. The van der Waals surface area contributed by atoms with Crippen molar-refractivity contribution in [1.82, 2.24) is 5.32 Å². The summed E-state index contributed by atoms with van der Waals surface area (Å²) in [6.45, 7) is 0. The van der Waals surface area contributed by atoms with Crippen molar-refractivity contribution in [3.8, 4) is 0 Å². The summed E-state index contributed by atoms with van der Waals surface area (Å²) in [6.07, 6.45) is 1.36. The standard InChI is InChI=1S/C5H7NO2S/c7-3-6-4-1-2-9-5(4)8/h3-4H,1-2H2,(H,6,7)/t4-/m0/s1. The van der Waals surface area contributed by atoms with Crippen molar-refractivity contribution in [2.24, 2.45) is 0 Å². The molecule has 1 aliphatic rings. The quantitative estimate of drug-likeness (QED) is 0.546. The van der Waals surface area contributed by atoms with Gasteiger partial charge in [0, 0.05) is 5.75 Å². The van der Waals surface area contributed by atoms with Gasteiger partial charge < -0.3 is 5.32 Å². The highest BCUT2D eigenvalue weighted by Gasteiger charge is 2.23. The number of amides is 1. The maximum absolute atomic E-state index is 10.7. The number of thioether (sulfide) groups is 1. The molecule has 1 atom stereocenters. The van der Waals surface area contributed by atoms with Crippen LogP contribution in [0.1, 0.15) is 6.42 Å². The molecule has 4 heteroatoms. The van der Waals surface area contributed by atoms with Gasteiger partial charge in [-0.2, -0.15) is 0 Å². The second-order valence-corrected chi connectivity index (χ2v) is 2.89. The van der Waals surface area contributed by atoms with Gasteiger partial charge in [-0.3, -0.25) is 9.59 Å². The lowest BCUT2D eigenvalue weighted by Crippen LogP contribution is -2.30. The average Bonchev–Trinajstić information content (AvgIpc) is 2.18. The van der Waals surface area contributed by atoms with Crippen LogP contribution in [0, 0.1) is 0 Å². The molecule has 0 bridgehead atoms. The van der Waals surface area contributed by atoms with Gasteiger partial charge in [-0.05, 0) is 6.42 Å². The van der Waals surface area contributed by atoms with E-state index < -0.39 is 0 Å². The number of nitrogens with one attached hydrogen (secondary N) is 1. The molecule has 1 rings (SSSR count). The lowest BCUT2D eigenvalue weighted by molar-refractivity contribution is -0.116. The molecule has 1 fully saturated rings. The number of hydrogen-bond acceptors (Lipinski definition) is 3. The van der Waals surface area contributed by atoms with E-state index in [-0.39, 0.29) is 11.2 Å². The van der Waals surface area contributed by atoms with E-state index in [4.69, 9.17) is 0 Å². The molecular formula is C5H7NO2S. The maximum Gasteiger partial charge on any atom is 0.211 e. The summed E-state index contributed by atoms with van der Waals surface area (Å²) in [5.74, 6) is 0.838. The summed E-state index contributed by atoms with van der Waals surface area (Å²) in [4.78, 5) is 20.5. The van der Waals surface area contributed by atoms with E-state index in [9.17, 15) is 9.59 Å². The van der Waals surface area contributed by atoms with Crippen molar-refractivity contribution < 1.29 is 9.59 Å². The van der Waals surface area contributed by atoms with Gasteiger partial charge in [0.1, 0.15) is 0 Å². The fourth-order valence-corrected chi connectivity index (χ4v) is 1.67. The number of hydrogen-bond donors (Lipinski definition) is 1. The monoisotopic (exact) mass is 145 g/mol. The van der Waals surface area contributed by atoms with Gasteiger partial charge in [-0.25, -0.2) is 0 Å². The summed E-state index contributed by atoms with van der Waals surface area (Å²) in [5, 5.41) is 2.53. The highest BCUT2D eigenvalue weighted by atomic mass is 32.2. The molecule has 0 aliphatic carbocycles. The van der Waals surface area contributed by atoms with Crippen LogP contribution in [0.2, 0.25) is 0 Å². The van der Waals surface area contributed by atoms with Gasteiger partial charge >= 0.3 is 0 Å². The first-order valence-corrected chi connectivity index (χ1v) is 3.69. The van der Waals surface area contributed by atoms with Crippen molar-refractivity contribution >= 4 is 23.3 Å². The summed E-state index contributed by atoms with van der Waals surface area (Å²) in [7, 11) is 0. The normalized spacial score (nSPS) is 26.2. The molecule has 1 amide bonds. The van der Waals surface area contributed by atoms with Crippen LogP contribution >= 0.6 is 11.8 Å². The Labute approximate surface area is 57.2 Å². The third-order valence-electron chi connectivity index (χ3n) is 1.20. The van der Waals surface area contributed by atoms with E-state index in [1.54, 1.807) is 0 Å². The van der Waals surface area contributed by atoms with Crippen molar-refractivity contribution in [3.63, 3.8) is 0 Å². The van der Waals surface area contributed by atoms with E-state index >= 15 is 0 Å². The van der Waals surface area contributed by atoms with Crippen LogP contribution in [0.5, 0.6) is 0 Å². The zero-order valence-electron chi connectivity index (χ0n) is 4.79. The Morgan fingerprint density at radius 3 is 3.00 bits per heavy atom. The number of carbonyl (C=O) groups is 2. The van der Waals surface area contributed by atoms with Gasteiger partial charge in [-0.15, -0.1) is 0 Å². The number of rotatable bonds is 2. The topological polar surface area (TPSA) is 46.2 Å². The van der Waals surface area contributed by atoms with Crippen molar-refractivity contribution in [2.75, 3.05) is 5.75 Å². The molecule has 0 spiro atoms. The van der Waals surface area contributed by atoms with Gasteiger partial charge in [0.25, 0.3) is 0 Å². The van der Waals surface area contributed by atoms with Crippen LogP contribution in [-0.2, 0) is 9.59 Å². The fourth-order valence-electron chi connectivity index (χ4n) is 0.729. The Kier molecular flexibility index (Phi) is 2.10. The van der Waals surface area contributed by atoms with E-state index in [1.807, 2.05) is 0 Å². The third kappa shape index (κ3) is 1.45. The Bertz CT molecular complexity index is 137. The minimum atomic E-state index is -0.215. The fraction of sp³-hybridized carbons (Fsp3) is 0.600. The molecule has 0 aromatic heterocycles. The highest BCUT2D eigenvalue weighted by molar-refractivity contribution is 8.14. The molecule has 0 unspecified atom stereocenters. The highest BCUT2D eigenvalue weighted by Crippen LogP contribution is 2.18. The molecule has 1 N–H and O–H groups in total. The van der Waals surface area contributed by atoms with Crippen LogP contribution < -0.4 is 5.32 Å². The molecule has 0 aromatic rings. The molecule has 1 aliphatic heterocycles. The molecule has 1 heterocycles. The molecule has 50 valence electrons.